The van der Waals surface area contributed by atoms with Gasteiger partial charge in [-0.3, -0.25) is 4.79 Å². The Balaban J connectivity index is 1.43. The Morgan fingerprint density at radius 2 is 1.86 bits per heavy atom. The van der Waals surface area contributed by atoms with E-state index in [1.807, 2.05) is 24.3 Å². The van der Waals surface area contributed by atoms with Crippen LogP contribution in [-0.4, -0.2) is 55.8 Å². The van der Waals surface area contributed by atoms with Crippen LogP contribution in [0, 0.1) is 5.82 Å². The molecule has 2 aromatic rings. The molecule has 3 N–H and O–H groups in total. The van der Waals surface area contributed by atoms with Crippen molar-refractivity contribution in [3.8, 4) is 5.75 Å². The number of thiocarbonyl (C=S) groups is 1. The van der Waals surface area contributed by atoms with E-state index >= 15 is 0 Å². The Hall–Kier alpha value is -2.71. The third kappa shape index (κ3) is 5.64. The number of methoxy groups -OCH3 is 1. The minimum atomic E-state index is -0.364. The quantitative estimate of drug-likeness (QED) is 0.659. The van der Waals surface area contributed by atoms with Gasteiger partial charge in [-0.1, -0.05) is 6.07 Å². The first kappa shape index (κ1) is 20.0. The van der Waals surface area contributed by atoms with E-state index < -0.39 is 0 Å². The van der Waals surface area contributed by atoms with Crippen LogP contribution >= 0.6 is 12.2 Å². The Bertz CT molecular complexity index is 823. The Morgan fingerprint density at radius 1 is 1.14 bits per heavy atom. The monoisotopic (exact) mass is 403 g/mol. The summed E-state index contributed by atoms with van der Waals surface area (Å²) in [5, 5.41) is 6.65. The zero-order chi connectivity index (χ0) is 19.9. The number of rotatable bonds is 5. The Labute approximate surface area is 169 Å². The van der Waals surface area contributed by atoms with Gasteiger partial charge in [0.2, 0.25) is 0 Å². The molecule has 0 radical (unpaired) electrons. The number of ether oxygens (including phenoxy) is 1. The molecule has 1 saturated heterocycles. The fourth-order valence-electron chi connectivity index (χ4n) is 3.08. The zero-order valence-electron chi connectivity index (χ0n) is 15.7. The molecule has 0 atom stereocenters. The number of carbonyl (C=O) groups excluding carboxylic acids is 1. The normalized spacial score (nSPS) is 14.4. The van der Waals surface area contributed by atoms with E-state index in [9.17, 15) is 9.18 Å². The molecule has 0 unspecified atom stereocenters. The predicted molar refractivity (Wildman–Crippen MR) is 111 cm³/mol. The number of hydrogen-bond acceptors (Lipinski definition) is 3. The summed E-state index contributed by atoms with van der Waals surface area (Å²) in [6.45, 7) is 3.50. The van der Waals surface area contributed by atoms with Crippen molar-refractivity contribution < 1.29 is 18.8 Å². The van der Waals surface area contributed by atoms with Crippen LogP contribution in [0.1, 0.15) is 0 Å². The molecular weight excluding hydrogens is 379 g/mol. The van der Waals surface area contributed by atoms with Crippen LogP contribution in [0.5, 0.6) is 5.75 Å². The summed E-state index contributed by atoms with van der Waals surface area (Å²) < 4.78 is 18.4. The number of piperazine rings is 1. The topological polar surface area (TPSA) is 58.0 Å². The molecule has 28 heavy (non-hydrogen) atoms. The molecule has 2 aromatic carbocycles. The lowest BCUT2D eigenvalue weighted by molar-refractivity contribution is -0.895. The molecule has 1 aliphatic rings. The second kappa shape index (κ2) is 9.48. The number of hydrogen-bond donors (Lipinski definition) is 3. The van der Waals surface area contributed by atoms with Crippen molar-refractivity contribution in [1.29, 1.82) is 0 Å². The summed E-state index contributed by atoms with van der Waals surface area (Å²) in [7, 11) is 1.63. The van der Waals surface area contributed by atoms with Crippen LogP contribution in [0.4, 0.5) is 15.8 Å². The molecule has 3 rings (SSSR count). The van der Waals surface area contributed by atoms with E-state index in [1.54, 1.807) is 19.2 Å². The molecule has 1 fully saturated rings. The van der Waals surface area contributed by atoms with Gasteiger partial charge in [0.25, 0.3) is 5.91 Å². The fourth-order valence-corrected chi connectivity index (χ4v) is 3.38. The lowest BCUT2D eigenvalue weighted by Crippen LogP contribution is -3.15. The molecule has 0 aliphatic carbocycles. The third-order valence-electron chi connectivity index (χ3n) is 4.62. The first-order chi connectivity index (χ1) is 13.5. The molecule has 6 nitrogen and oxygen atoms in total. The van der Waals surface area contributed by atoms with Gasteiger partial charge < -0.3 is 25.2 Å². The number of benzene rings is 2. The summed E-state index contributed by atoms with van der Waals surface area (Å²) >= 11 is 5.50. The van der Waals surface area contributed by atoms with Gasteiger partial charge in [-0.05, 0) is 54.7 Å². The maximum absolute atomic E-state index is 13.2. The van der Waals surface area contributed by atoms with E-state index in [2.05, 4.69) is 15.5 Å². The molecule has 148 valence electrons. The van der Waals surface area contributed by atoms with Gasteiger partial charge in [0.15, 0.2) is 11.7 Å². The lowest BCUT2D eigenvalue weighted by atomic mass is 10.3. The first-order valence-electron chi connectivity index (χ1n) is 9.12. The van der Waals surface area contributed by atoms with Crippen molar-refractivity contribution in [3.05, 3.63) is 54.3 Å². The van der Waals surface area contributed by atoms with Gasteiger partial charge >= 0.3 is 0 Å². The number of nitrogens with zero attached hydrogens (tertiary/aromatic N) is 1. The van der Waals surface area contributed by atoms with Crippen LogP contribution in [0.3, 0.4) is 0 Å². The Morgan fingerprint density at radius 3 is 2.50 bits per heavy atom. The minimum absolute atomic E-state index is 0.118. The summed E-state index contributed by atoms with van der Waals surface area (Å²) in [4.78, 5) is 15.5. The van der Waals surface area contributed by atoms with Crippen molar-refractivity contribution in [2.24, 2.45) is 0 Å². The van der Waals surface area contributed by atoms with Crippen molar-refractivity contribution in [2.45, 2.75) is 0 Å². The van der Waals surface area contributed by atoms with Crippen LogP contribution in [0.2, 0.25) is 0 Å². The zero-order valence-corrected chi connectivity index (χ0v) is 16.5. The molecule has 0 spiro atoms. The molecule has 1 aliphatic heterocycles. The van der Waals surface area contributed by atoms with Crippen molar-refractivity contribution in [1.82, 2.24) is 4.90 Å². The smallest absolute Gasteiger partial charge is 0.279 e. The van der Waals surface area contributed by atoms with Crippen LogP contribution in [0.25, 0.3) is 0 Å². The number of nitrogens with one attached hydrogen (secondary N) is 3. The molecule has 0 saturated carbocycles. The van der Waals surface area contributed by atoms with Gasteiger partial charge in [-0.15, -0.1) is 0 Å². The largest absolute Gasteiger partial charge is 0.497 e. The first-order valence-corrected chi connectivity index (χ1v) is 9.53. The van der Waals surface area contributed by atoms with E-state index in [4.69, 9.17) is 17.0 Å². The number of anilines is 2. The highest BCUT2D eigenvalue weighted by Crippen LogP contribution is 2.15. The molecule has 1 amide bonds. The summed E-state index contributed by atoms with van der Waals surface area (Å²) in [6, 6.07) is 13.5. The molecule has 8 heteroatoms. The standard InChI is InChI=1S/C20H23FN4O2S/c1-27-18-7-5-16(6-8-18)23-20(28)25-11-9-24(10-12-25)14-19(26)22-17-4-2-3-15(21)13-17/h2-8,13H,9-12,14H2,1H3,(H,22,26)(H,23,28)/p+1. The van der Waals surface area contributed by atoms with E-state index in [1.165, 1.54) is 17.0 Å². The van der Waals surface area contributed by atoms with Crippen molar-refractivity contribution >= 4 is 34.6 Å². The maximum atomic E-state index is 13.2. The van der Waals surface area contributed by atoms with E-state index in [0.717, 1.165) is 37.6 Å². The summed E-state index contributed by atoms with van der Waals surface area (Å²) in [5.41, 5.74) is 1.39. The average molecular weight is 404 g/mol. The van der Waals surface area contributed by atoms with Crippen LogP contribution in [-0.2, 0) is 4.79 Å². The fraction of sp³-hybridized carbons (Fsp3) is 0.300. The average Bonchev–Trinajstić information content (AvgIpc) is 2.69. The second-order valence-electron chi connectivity index (χ2n) is 6.63. The number of quaternary nitrogens is 1. The predicted octanol–water partition coefficient (Wildman–Crippen LogP) is 1.37. The van der Waals surface area contributed by atoms with Gasteiger partial charge in [-0.2, -0.15) is 0 Å². The Kier molecular flexibility index (Phi) is 6.78. The highest BCUT2D eigenvalue weighted by molar-refractivity contribution is 7.80. The van der Waals surface area contributed by atoms with Gasteiger partial charge in [0.05, 0.1) is 33.3 Å². The van der Waals surface area contributed by atoms with Crippen molar-refractivity contribution in [2.75, 3.05) is 50.5 Å². The second-order valence-corrected chi connectivity index (χ2v) is 7.02. The van der Waals surface area contributed by atoms with Gasteiger partial charge in [-0.25, -0.2) is 4.39 Å². The molecule has 0 bridgehead atoms. The number of halogens is 1. The molecule has 1 heterocycles. The van der Waals surface area contributed by atoms with E-state index in [0.29, 0.717) is 17.3 Å². The van der Waals surface area contributed by atoms with Crippen molar-refractivity contribution in [3.63, 3.8) is 0 Å². The summed E-state index contributed by atoms with van der Waals surface area (Å²) in [6.07, 6.45) is 0. The van der Waals surface area contributed by atoms with Gasteiger partial charge in [0.1, 0.15) is 11.6 Å². The number of amides is 1. The maximum Gasteiger partial charge on any atom is 0.279 e. The highest BCUT2D eigenvalue weighted by Gasteiger charge is 2.23. The highest BCUT2D eigenvalue weighted by atomic mass is 32.1. The SMILES string of the molecule is COc1ccc(NC(=S)N2CC[NH+](CC(=O)Nc3cccc(F)c3)CC2)cc1. The van der Waals surface area contributed by atoms with Gasteiger partial charge in [0, 0.05) is 11.4 Å². The molecular formula is C20H24FN4O2S+. The van der Waals surface area contributed by atoms with Crippen LogP contribution < -0.4 is 20.3 Å². The van der Waals surface area contributed by atoms with E-state index in [-0.39, 0.29) is 11.7 Å². The lowest BCUT2D eigenvalue weighted by Gasteiger charge is -2.33. The molecule has 0 aromatic heterocycles. The minimum Gasteiger partial charge on any atom is -0.497 e. The van der Waals surface area contributed by atoms with Crippen LogP contribution in [0.15, 0.2) is 48.5 Å². The number of carbonyl (C=O) groups is 1. The third-order valence-corrected chi connectivity index (χ3v) is 4.98. The summed E-state index contributed by atoms with van der Waals surface area (Å²) in [5.74, 6) is 0.315.